The van der Waals surface area contributed by atoms with Crippen molar-refractivity contribution >= 4 is 41.4 Å². The number of anilines is 1. The van der Waals surface area contributed by atoms with Gasteiger partial charge >= 0.3 is 6.09 Å². The van der Waals surface area contributed by atoms with Crippen molar-refractivity contribution in [2.45, 2.75) is 50.2 Å². The summed E-state index contributed by atoms with van der Waals surface area (Å²) in [5.41, 5.74) is 0.670. The molecule has 7 nitrogen and oxygen atoms in total. The zero-order valence-electron chi connectivity index (χ0n) is 19.9. The van der Waals surface area contributed by atoms with Crippen molar-refractivity contribution in [2.24, 2.45) is 0 Å². The summed E-state index contributed by atoms with van der Waals surface area (Å²) in [4.78, 5) is 40.6. The summed E-state index contributed by atoms with van der Waals surface area (Å²) in [5.74, 6) is -1.06. The zero-order valence-corrected chi connectivity index (χ0v) is 20.7. The lowest BCUT2D eigenvalue weighted by atomic mass is 10.1. The lowest BCUT2D eigenvalue weighted by Gasteiger charge is -2.28. The van der Waals surface area contributed by atoms with E-state index in [0.717, 1.165) is 17.7 Å². The molecule has 184 valence electrons. The number of halogens is 1. The van der Waals surface area contributed by atoms with Gasteiger partial charge in [-0.2, -0.15) is 0 Å². The lowest BCUT2D eigenvalue weighted by molar-refractivity contribution is -0.112. The average molecular weight is 498 g/mol. The molecule has 0 saturated carbocycles. The van der Waals surface area contributed by atoms with Gasteiger partial charge in [0.05, 0.1) is 16.6 Å². The summed E-state index contributed by atoms with van der Waals surface area (Å²) in [5, 5.41) is 5.68. The predicted molar refractivity (Wildman–Crippen MR) is 134 cm³/mol. The number of fused-ring (bicyclic) bond motifs is 1. The van der Waals surface area contributed by atoms with Crippen LogP contribution in [0, 0.1) is 5.82 Å². The molecule has 3 amide bonds. The molecule has 1 saturated heterocycles. The van der Waals surface area contributed by atoms with Gasteiger partial charge in [-0.05, 0) is 64.0 Å². The minimum Gasteiger partial charge on any atom is -0.444 e. The summed E-state index contributed by atoms with van der Waals surface area (Å²) < 4.78 is 19.5. The van der Waals surface area contributed by atoms with E-state index in [9.17, 15) is 18.8 Å². The number of nitrogens with one attached hydrogen (secondary N) is 2. The number of thioether (sulfide) groups is 1. The van der Waals surface area contributed by atoms with Crippen molar-refractivity contribution in [3.63, 3.8) is 0 Å². The van der Waals surface area contributed by atoms with Gasteiger partial charge in [0.25, 0.3) is 11.8 Å². The van der Waals surface area contributed by atoms with Crippen molar-refractivity contribution in [2.75, 3.05) is 18.4 Å². The fraction of sp³-hybridized carbons (Fsp3) is 0.346. The van der Waals surface area contributed by atoms with Crippen LogP contribution in [0.5, 0.6) is 0 Å². The Kier molecular flexibility index (Phi) is 7.16. The van der Waals surface area contributed by atoms with E-state index in [-0.39, 0.29) is 23.9 Å². The van der Waals surface area contributed by atoms with Gasteiger partial charge in [-0.1, -0.05) is 30.0 Å². The highest BCUT2D eigenvalue weighted by atomic mass is 32.2. The van der Waals surface area contributed by atoms with Gasteiger partial charge in [-0.25, -0.2) is 9.18 Å². The van der Waals surface area contributed by atoms with Crippen LogP contribution in [0.2, 0.25) is 0 Å². The van der Waals surface area contributed by atoms with Crippen LogP contribution in [0.3, 0.4) is 0 Å². The summed E-state index contributed by atoms with van der Waals surface area (Å²) in [6.07, 6.45) is 2.77. The molecule has 2 aromatic carbocycles. The molecule has 4 rings (SSSR count). The zero-order chi connectivity index (χ0) is 25.2. The molecule has 0 aliphatic carbocycles. The van der Waals surface area contributed by atoms with Gasteiger partial charge in [-0.15, -0.1) is 0 Å². The van der Waals surface area contributed by atoms with E-state index in [4.69, 9.17) is 4.74 Å². The van der Waals surface area contributed by atoms with Crippen LogP contribution in [0.1, 0.15) is 49.5 Å². The molecule has 2 aromatic rings. The highest BCUT2D eigenvalue weighted by Crippen LogP contribution is 2.39. The van der Waals surface area contributed by atoms with E-state index in [1.54, 1.807) is 41.3 Å². The molecule has 2 heterocycles. The second-order valence-corrected chi connectivity index (χ2v) is 10.6. The fourth-order valence-electron chi connectivity index (χ4n) is 3.96. The smallest absolute Gasteiger partial charge is 0.410 e. The van der Waals surface area contributed by atoms with E-state index >= 15 is 0 Å². The van der Waals surface area contributed by atoms with Crippen molar-refractivity contribution in [1.82, 2.24) is 10.2 Å². The third kappa shape index (κ3) is 6.03. The first-order valence-corrected chi connectivity index (χ1v) is 12.3. The topological polar surface area (TPSA) is 87.7 Å². The Balaban J connectivity index is 1.40. The Morgan fingerprint density at radius 3 is 2.77 bits per heavy atom. The first kappa shape index (κ1) is 24.8. The van der Waals surface area contributed by atoms with E-state index in [2.05, 4.69) is 10.6 Å². The molecule has 2 aliphatic heterocycles. The quantitative estimate of drug-likeness (QED) is 0.578. The second-order valence-electron chi connectivity index (χ2n) is 9.48. The minimum atomic E-state index is -0.580. The summed E-state index contributed by atoms with van der Waals surface area (Å²) >= 11 is 1.22. The second kappa shape index (κ2) is 10.1. The number of ether oxygens (including phenoxy) is 1. The number of amides is 3. The molecule has 0 aromatic heterocycles. The maximum atomic E-state index is 14.0. The largest absolute Gasteiger partial charge is 0.444 e. The minimum absolute atomic E-state index is 0.132. The van der Waals surface area contributed by atoms with Crippen LogP contribution in [0.15, 0.2) is 52.3 Å². The summed E-state index contributed by atoms with van der Waals surface area (Å²) in [7, 11) is 0. The Hall–Kier alpha value is -3.33. The van der Waals surface area contributed by atoms with Crippen LogP contribution in [0.4, 0.5) is 14.9 Å². The standard InChI is InChI=1S/C26H28FN3O4S/c1-26(2,3)34-25(33)30-12-6-8-18(30)15-28-23(31)17-10-11-21-20(13-17)29-24(32)22(35-21)14-16-7-4-5-9-19(16)27/h4-5,7,9-11,13-14,18H,6,8,12,15H2,1-3H3,(H,28,31)(H,29,32)/b22-14-. The highest BCUT2D eigenvalue weighted by molar-refractivity contribution is 8.04. The number of rotatable bonds is 4. The maximum Gasteiger partial charge on any atom is 0.410 e. The summed E-state index contributed by atoms with van der Waals surface area (Å²) in [6.45, 7) is 6.38. The summed E-state index contributed by atoms with van der Waals surface area (Å²) in [6, 6.07) is 11.2. The van der Waals surface area contributed by atoms with E-state index in [1.807, 2.05) is 20.8 Å². The molecule has 2 aliphatic rings. The number of nitrogens with zero attached hydrogens (tertiary/aromatic N) is 1. The SMILES string of the molecule is CC(C)(C)OC(=O)N1CCCC1CNC(=O)c1ccc2c(c1)NC(=O)/C(=C/c1ccccc1F)S2. The number of hydrogen-bond donors (Lipinski definition) is 2. The molecule has 9 heteroatoms. The number of benzene rings is 2. The molecule has 35 heavy (non-hydrogen) atoms. The van der Waals surface area contributed by atoms with Gasteiger partial charge in [0.1, 0.15) is 11.4 Å². The van der Waals surface area contributed by atoms with Gasteiger partial charge in [0, 0.05) is 29.1 Å². The molecule has 0 spiro atoms. The monoisotopic (exact) mass is 497 g/mol. The Bertz CT molecular complexity index is 1190. The first-order chi connectivity index (χ1) is 16.6. The Labute approximate surface area is 208 Å². The fourth-order valence-corrected chi connectivity index (χ4v) is 4.88. The number of carbonyl (C=O) groups excluding carboxylic acids is 3. The third-order valence-electron chi connectivity index (χ3n) is 5.63. The lowest BCUT2D eigenvalue weighted by Crippen LogP contribution is -2.45. The Morgan fingerprint density at radius 2 is 2.03 bits per heavy atom. The predicted octanol–water partition coefficient (Wildman–Crippen LogP) is 5.04. The van der Waals surface area contributed by atoms with E-state index < -0.39 is 11.4 Å². The molecule has 0 bridgehead atoms. The highest BCUT2D eigenvalue weighted by Gasteiger charge is 2.32. The van der Waals surface area contributed by atoms with Gasteiger partial charge < -0.3 is 20.3 Å². The van der Waals surface area contributed by atoms with Crippen LogP contribution in [-0.4, -0.2) is 47.5 Å². The van der Waals surface area contributed by atoms with Crippen molar-refractivity contribution in [1.29, 1.82) is 0 Å². The first-order valence-electron chi connectivity index (χ1n) is 11.5. The van der Waals surface area contributed by atoms with Crippen LogP contribution >= 0.6 is 11.8 Å². The number of hydrogen-bond acceptors (Lipinski definition) is 5. The molecule has 1 fully saturated rings. The third-order valence-corrected chi connectivity index (χ3v) is 6.73. The van der Waals surface area contributed by atoms with Crippen molar-refractivity contribution in [3.05, 3.63) is 64.3 Å². The molecular weight excluding hydrogens is 469 g/mol. The maximum absolute atomic E-state index is 14.0. The molecular formula is C26H28FN3O4S. The molecule has 1 unspecified atom stereocenters. The molecule has 0 radical (unpaired) electrons. The average Bonchev–Trinajstić information content (AvgIpc) is 3.27. The van der Waals surface area contributed by atoms with Gasteiger partial charge in [0.2, 0.25) is 0 Å². The number of likely N-dealkylation sites (tertiary alicyclic amines) is 1. The van der Waals surface area contributed by atoms with Crippen LogP contribution in [0.25, 0.3) is 6.08 Å². The van der Waals surface area contributed by atoms with Crippen LogP contribution in [-0.2, 0) is 9.53 Å². The normalized spacial score (nSPS) is 18.7. The molecule has 1 atom stereocenters. The Morgan fingerprint density at radius 1 is 1.26 bits per heavy atom. The van der Waals surface area contributed by atoms with E-state index in [1.165, 1.54) is 23.9 Å². The van der Waals surface area contributed by atoms with Crippen molar-refractivity contribution in [3.8, 4) is 0 Å². The van der Waals surface area contributed by atoms with Crippen LogP contribution < -0.4 is 10.6 Å². The van der Waals surface area contributed by atoms with E-state index in [0.29, 0.717) is 34.8 Å². The van der Waals surface area contributed by atoms with Gasteiger partial charge in [-0.3, -0.25) is 9.59 Å². The van der Waals surface area contributed by atoms with Gasteiger partial charge in [0.15, 0.2) is 0 Å². The molecule has 2 N–H and O–H groups in total. The number of carbonyl (C=O) groups is 3. The van der Waals surface area contributed by atoms with Crippen molar-refractivity contribution < 1.29 is 23.5 Å².